The Bertz CT molecular complexity index is 183. The Balaban J connectivity index is 4.56. The van der Waals surface area contributed by atoms with E-state index in [-0.39, 0.29) is 22.8 Å². The van der Waals surface area contributed by atoms with Crippen LogP contribution in [-0.2, 0) is 4.79 Å². The molecule has 1 atom stereocenters. The molecule has 0 amide bonds. The second kappa shape index (κ2) is 3.79. The fraction of sp³-hybridized carbons (Fsp3) is 0.909. The SMILES string of the molecule is CC(=O)C(NC(C)(C)C)C(C)(C)C. The summed E-state index contributed by atoms with van der Waals surface area (Å²) in [6.07, 6.45) is 0. The summed E-state index contributed by atoms with van der Waals surface area (Å²) in [6.45, 7) is 14.1. The van der Waals surface area contributed by atoms with E-state index in [0.29, 0.717) is 0 Å². The van der Waals surface area contributed by atoms with E-state index in [2.05, 4.69) is 46.9 Å². The zero-order valence-corrected chi connectivity index (χ0v) is 9.99. The molecule has 0 aliphatic heterocycles. The maximum Gasteiger partial charge on any atom is 0.147 e. The standard InChI is InChI=1S/C11H23NO/c1-8(13)9(10(2,3)4)12-11(5,6)7/h9,12H,1-7H3. The third-order valence-electron chi connectivity index (χ3n) is 1.85. The van der Waals surface area contributed by atoms with E-state index in [9.17, 15) is 4.79 Å². The van der Waals surface area contributed by atoms with Gasteiger partial charge in [0.2, 0.25) is 0 Å². The van der Waals surface area contributed by atoms with Crippen LogP contribution < -0.4 is 5.32 Å². The van der Waals surface area contributed by atoms with Gasteiger partial charge < -0.3 is 5.32 Å². The summed E-state index contributed by atoms with van der Waals surface area (Å²) in [5.41, 5.74) is -0.0251. The minimum Gasteiger partial charge on any atom is -0.302 e. The molecule has 0 fully saturated rings. The average Bonchev–Trinajstić information content (AvgIpc) is 1.77. The van der Waals surface area contributed by atoms with Crippen LogP contribution in [0.4, 0.5) is 0 Å². The first-order valence-electron chi connectivity index (χ1n) is 4.82. The molecule has 0 aliphatic rings. The normalized spacial score (nSPS) is 15.6. The van der Waals surface area contributed by atoms with Crippen LogP contribution in [0.2, 0.25) is 0 Å². The van der Waals surface area contributed by atoms with Crippen molar-refractivity contribution in [3.05, 3.63) is 0 Å². The topological polar surface area (TPSA) is 29.1 Å². The summed E-state index contributed by atoms with van der Waals surface area (Å²) in [5, 5.41) is 3.35. The Hall–Kier alpha value is -0.370. The lowest BCUT2D eigenvalue weighted by Gasteiger charge is -2.35. The van der Waals surface area contributed by atoms with Crippen molar-refractivity contribution in [1.82, 2.24) is 5.32 Å². The summed E-state index contributed by atoms with van der Waals surface area (Å²) in [4.78, 5) is 11.4. The third-order valence-corrected chi connectivity index (χ3v) is 1.85. The van der Waals surface area contributed by atoms with Crippen LogP contribution in [0, 0.1) is 5.41 Å². The van der Waals surface area contributed by atoms with Gasteiger partial charge in [0.25, 0.3) is 0 Å². The second-order valence-electron chi connectivity index (χ2n) is 5.80. The maximum atomic E-state index is 11.4. The van der Waals surface area contributed by atoms with Gasteiger partial charge >= 0.3 is 0 Å². The van der Waals surface area contributed by atoms with Crippen LogP contribution in [0.25, 0.3) is 0 Å². The highest BCUT2D eigenvalue weighted by Gasteiger charge is 2.31. The van der Waals surface area contributed by atoms with Gasteiger partial charge in [-0.1, -0.05) is 20.8 Å². The van der Waals surface area contributed by atoms with E-state index < -0.39 is 0 Å². The highest BCUT2D eigenvalue weighted by Crippen LogP contribution is 2.22. The number of ketones is 1. The lowest BCUT2D eigenvalue weighted by atomic mass is 9.83. The molecule has 0 aromatic carbocycles. The Labute approximate surface area is 82.1 Å². The molecule has 0 aromatic rings. The molecular formula is C11H23NO. The molecule has 0 radical (unpaired) electrons. The Morgan fingerprint density at radius 3 is 1.54 bits per heavy atom. The number of Topliss-reactive ketones (excluding diaryl/α,β-unsaturated/α-hetero) is 1. The van der Waals surface area contributed by atoms with Crippen LogP contribution in [0.3, 0.4) is 0 Å². The van der Waals surface area contributed by atoms with Gasteiger partial charge in [-0.3, -0.25) is 4.79 Å². The Morgan fingerprint density at radius 2 is 1.46 bits per heavy atom. The monoisotopic (exact) mass is 185 g/mol. The number of carbonyl (C=O) groups is 1. The average molecular weight is 185 g/mol. The summed E-state index contributed by atoms with van der Waals surface area (Å²) >= 11 is 0. The van der Waals surface area contributed by atoms with Gasteiger partial charge in [-0.05, 0) is 33.1 Å². The minimum absolute atomic E-state index is 0.0103. The van der Waals surface area contributed by atoms with Crippen LogP contribution in [0.5, 0.6) is 0 Å². The van der Waals surface area contributed by atoms with Gasteiger partial charge in [-0.25, -0.2) is 0 Å². The third kappa shape index (κ3) is 5.04. The number of carbonyl (C=O) groups excluding carboxylic acids is 1. The second-order valence-corrected chi connectivity index (χ2v) is 5.80. The molecule has 1 unspecified atom stereocenters. The van der Waals surface area contributed by atoms with Crippen molar-refractivity contribution in [2.45, 2.75) is 60.0 Å². The first-order valence-corrected chi connectivity index (χ1v) is 4.82. The molecule has 13 heavy (non-hydrogen) atoms. The molecule has 0 bridgehead atoms. The zero-order valence-electron chi connectivity index (χ0n) is 9.99. The maximum absolute atomic E-state index is 11.4. The zero-order chi connectivity index (χ0) is 10.9. The van der Waals surface area contributed by atoms with Crippen LogP contribution in [0.15, 0.2) is 0 Å². The van der Waals surface area contributed by atoms with Crippen molar-refractivity contribution in [2.75, 3.05) is 0 Å². The molecule has 0 aliphatic carbocycles. The van der Waals surface area contributed by atoms with E-state index in [0.717, 1.165) is 0 Å². The van der Waals surface area contributed by atoms with Crippen molar-refractivity contribution in [1.29, 1.82) is 0 Å². The van der Waals surface area contributed by atoms with Gasteiger partial charge in [-0.15, -0.1) is 0 Å². The highest BCUT2D eigenvalue weighted by molar-refractivity contribution is 5.82. The lowest BCUT2D eigenvalue weighted by molar-refractivity contribution is -0.121. The summed E-state index contributed by atoms with van der Waals surface area (Å²) in [7, 11) is 0. The predicted molar refractivity (Wildman–Crippen MR) is 56.8 cm³/mol. The van der Waals surface area contributed by atoms with Gasteiger partial charge in [0.1, 0.15) is 5.78 Å². The van der Waals surface area contributed by atoms with Crippen molar-refractivity contribution in [2.24, 2.45) is 5.41 Å². The highest BCUT2D eigenvalue weighted by atomic mass is 16.1. The quantitative estimate of drug-likeness (QED) is 0.715. The predicted octanol–water partition coefficient (Wildman–Crippen LogP) is 2.38. The lowest BCUT2D eigenvalue weighted by Crippen LogP contribution is -2.53. The fourth-order valence-corrected chi connectivity index (χ4v) is 1.36. The Morgan fingerprint density at radius 1 is 1.08 bits per heavy atom. The number of rotatable bonds is 2. The largest absolute Gasteiger partial charge is 0.302 e. The molecule has 0 spiro atoms. The van der Waals surface area contributed by atoms with Crippen LogP contribution in [-0.4, -0.2) is 17.4 Å². The molecule has 0 saturated carbocycles. The molecule has 78 valence electrons. The van der Waals surface area contributed by atoms with Gasteiger partial charge in [0.15, 0.2) is 0 Å². The Kier molecular flexibility index (Phi) is 3.68. The number of nitrogens with one attached hydrogen (secondary N) is 1. The molecule has 0 saturated heterocycles. The smallest absolute Gasteiger partial charge is 0.147 e. The molecule has 1 N–H and O–H groups in total. The van der Waals surface area contributed by atoms with Crippen LogP contribution >= 0.6 is 0 Å². The van der Waals surface area contributed by atoms with Crippen LogP contribution in [0.1, 0.15) is 48.5 Å². The minimum atomic E-state index is -0.0625. The summed E-state index contributed by atoms with van der Waals surface area (Å²) in [5.74, 6) is 0.211. The van der Waals surface area contributed by atoms with E-state index in [4.69, 9.17) is 0 Å². The fourth-order valence-electron chi connectivity index (χ4n) is 1.36. The first-order chi connectivity index (χ1) is 5.54. The van der Waals surface area contributed by atoms with Crippen molar-refractivity contribution >= 4 is 5.78 Å². The molecule has 2 nitrogen and oxygen atoms in total. The van der Waals surface area contributed by atoms with Gasteiger partial charge in [-0.2, -0.15) is 0 Å². The van der Waals surface area contributed by atoms with E-state index in [1.807, 2.05) is 0 Å². The number of hydrogen-bond donors (Lipinski definition) is 1. The van der Waals surface area contributed by atoms with E-state index >= 15 is 0 Å². The molecule has 2 heteroatoms. The molecular weight excluding hydrogens is 162 g/mol. The van der Waals surface area contributed by atoms with E-state index in [1.54, 1.807) is 6.92 Å². The summed E-state index contributed by atoms with van der Waals surface area (Å²) < 4.78 is 0. The van der Waals surface area contributed by atoms with Gasteiger partial charge in [0.05, 0.1) is 6.04 Å². The first kappa shape index (κ1) is 12.6. The number of hydrogen-bond acceptors (Lipinski definition) is 2. The van der Waals surface area contributed by atoms with Gasteiger partial charge in [0, 0.05) is 5.54 Å². The van der Waals surface area contributed by atoms with Crippen molar-refractivity contribution in [3.8, 4) is 0 Å². The molecule has 0 rings (SSSR count). The van der Waals surface area contributed by atoms with E-state index in [1.165, 1.54) is 0 Å². The molecule has 0 aromatic heterocycles. The van der Waals surface area contributed by atoms with Crippen molar-refractivity contribution in [3.63, 3.8) is 0 Å². The molecule has 0 heterocycles. The summed E-state index contributed by atoms with van der Waals surface area (Å²) in [6, 6.07) is -0.0625. The van der Waals surface area contributed by atoms with Crippen molar-refractivity contribution < 1.29 is 4.79 Å².